The summed E-state index contributed by atoms with van der Waals surface area (Å²) in [5.74, 6) is -0.801. The summed E-state index contributed by atoms with van der Waals surface area (Å²) in [6.45, 7) is -0.565. The number of hydrogen-bond donors (Lipinski definition) is 0. The minimum atomic E-state index is -5.00. The molecule has 0 atom stereocenters. The smallest absolute Gasteiger partial charge is 0.358 e. The molecule has 0 N–H and O–H groups in total. The molecule has 0 unspecified atom stereocenters. The number of sulfone groups is 1. The Labute approximate surface area is 132 Å². The zero-order valence-electron chi connectivity index (χ0n) is 11.8. The van der Waals surface area contributed by atoms with E-state index in [2.05, 4.69) is 0 Å². The standard InChI is InChI=1S/C11H10F3N3O6S/c12-11(13,14)7-5-8(16(18)19)10(9(6-7)17(20)21)15-1-3-24(22,23)4-2-15/h5-6H,1-4H2. The third-order valence-corrected chi connectivity index (χ3v) is 5.06. The van der Waals surface area contributed by atoms with Gasteiger partial charge in [-0.25, -0.2) is 8.42 Å². The Kier molecular flexibility index (Phi) is 4.39. The van der Waals surface area contributed by atoms with E-state index in [0.717, 1.165) is 4.90 Å². The molecule has 0 bridgehead atoms. The Morgan fingerprint density at radius 3 is 1.75 bits per heavy atom. The second kappa shape index (κ2) is 5.89. The zero-order chi connectivity index (χ0) is 18.3. The van der Waals surface area contributed by atoms with Crippen LogP contribution in [0.1, 0.15) is 5.56 Å². The van der Waals surface area contributed by atoms with E-state index in [1.54, 1.807) is 0 Å². The van der Waals surface area contributed by atoms with Gasteiger partial charge < -0.3 is 4.90 Å². The predicted molar refractivity (Wildman–Crippen MR) is 75.6 cm³/mol. The van der Waals surface area contributed by atoms with Gasteiger partial charge in [-0.15, -0.1) is 0 Å². The molecule has 13 heteroatoms. The van der Waals surface area contributed by atoms with Gasteiger partial charge in [0, 0.05) is 25.2 Å². The van der Waals surface area contributed by atoms with Crippen LogP contribution in [-0.4, -0.2) is 42.9 Å². The fourth-order valence-corrected chi connectivity index (χ4v) is 3.51. The van der Waals surface area contributed by atoms with Crippen LogP contribution in [0.25, 0.3) is 0 Å². The molecular weight excluding hydrogens is 359 g/mol. The average molecular weight is 369 g/mol. The van der Waals surface area contributed by atoms with Crippen molar-refractivity contribution in [2.75, 3.05) is 29.5 Å². The Morgan fingerprint density at radius 2 is 1.42 bits per heavy atom. The van der Waals surface area contributed by atoms with Crippen molar-refractivity contribution < 1.29 is 31.4 Å². The summed E-state index contributed by atoms with van der Waals surface area (Å²) in [6, 6.07) is 0.427. The van der Waals surface area contributed by atoms with Crippen LogP contribution in [-0.2, 0) is 16.0 Å². The Morgan fingerprint density at radius 1 is 1.00 bits per heavy atom. The normalized spacial score (nSPS) is 17.5. The lowest BCUT2D eigenvalue weighted by Crippen LogP contribution is -2.40. The number of nitro groups is 2. The van der Waals surface area contributed by atoms with E-state index in [0.29, 0.717) is 0 Å². The second-order valence-corrected chi connectivity index (χ2v) is 7.32. The van der Waals surface area contributed by atoms with E-state index in [1.165, 1.54) is 0 Å². The van der Waals surface area contributed by atoms with E-state index in [-0.39, 0.29) is 25.2 Å². The first kappa shape index (κ1) is 17.9. The highest BCUT2D eigenvalue weighted by Crippen LogP contribution is 2.43. The SMILES string of the molecule is O=[N+]([O-])c1cc(C(F)(F)F)cc([N+](=O)[O-])c1N1CCS(=O)(=O)CC1. The van der Waals surface area contributed by atoms with Crippen LogP contribution < -0.4 is 4.90 Å². The molecule has 0 radical (unpaired) electrons. The van der Waals surface area contributed by atoms with Gasteiger partial charge in [0.05, 0.1) is 26.9 Å². The quantitative estimate of drug-likeness (QED) is 0.587. The van der Waals surface area contributed by atoms with Crippen LogP contribution in [0, 0.1) is 20.2 Å². The van der Waals surface area contributed by atoms with Crippen molar-refractivity contribution in [2.24, 2.45) is 0 Å². The van der Waals surface area contributed by atoms with Crippen molar-refractivity contribution >= 4 is 26.9 Å². The van der Waals surface area contributed by atoms with E-state index in [9.17, 15) is 41.8 Å². The van der Waals surface area contributed by atoms with Crippen LogP contribution in [0.5, 0.6) is 0 Å². The highest BCUT2D eigenvalue weighted by molar-refractivity contribution is 7.91. The third-order valence-electron chi connectivity index (χ3n) is 3.45. The molecule has 0 aliphatic carbocycles. The van der Waals surface area contributed by atoms with Crippen LogP contribution in [0.15, 0.2) is 12.1 Å². The summed E-state index contributed by atoms with van der Waals surface area (Å²) in [4.78, 5) is 21.0. The van der Waals surface area contributed by atoms with Crippen molar-refractivity contribution in [3.05, 3.63) is 37.9 Å². The molecule has 1 aliphatic rings. The molecule has 24 heavy (non-hydrogen) atoms. The summed E-state index contributed by atoms with van der Waals surface area (Å²) in [5.41, 5.74) is -4.31. The summed E-state index contributed by atoms with van der Waals surface area (Å²) in [6.07, 6.45) is -5.00. The number of halogens is 3. The molecule has 0 aromatic heterocycles. The molecule has 1 aromatic carbocycles. The van der Waals surface area contributed by atoms with Gasteiger partial charge >= 0.3 is 6.18 Å². The fraction of sp³-hybridized carbons (Fsp3) is 0.455. The lowest BCUT2D eigenvalue weighted by Gasteiger charge is -2.28. The number of alkyl halides is 3. The molecule has 0 saturated carbocycles. The topological polar surface area (TPSA) is 124 Å². The molecule has 0 amide bonds. The van der Waals surface area contributed by atoms with Gasteiger partial charge in [-0.3, -0.25) is 20.2 Å². The summed E-state index contributed by atoms with van der Waals surface area (Å²) in [7, 11) is -3.38. The fourth-order valence-electron chi connectivity index (χ4n) is 2.31. The molecule has 132 valence electrons. The van der Waals surface area contributed by atoms with Crippen LogP contribution in [0.4, 0.5) is 30.2 Å². The zero-order valence-corrected chi connectivity index (χ0v) is 12.6. The summed E-state index contributed by atoms with van der Waals surface area (Å²) in [5, 5.41) is 22.2. The highest BCUT2D eigenvalue weighted by atomic mass is 32.2. The van der Waals surface area contributed by atoms with Gasteiger partial charge in [-0.2, -0.15) is 13.2 Å². The average Bonchev–Trinajstić information content (AvgIpc) is 2.44. The van der Waals surface area contributed by atoms with Crippen molar-refractivity contribution in [3.8, 4) is 0 Å². The monoisotopic (exact) mass is 369 g/mol. The number of nitrogens with zero attached hydrogens (tertiary/aromatic N) is 3. The first-order valence-corrected chi connectivity index (χ1v) is 8.24. The van der Waals surface area contributed by atoms with Gasteiger partial charge in [0.2, 0.25) is 0 Å². The van der Waals surface area contributed by atoms with Crippen LogP contribution in [0.2, 0.25) is 0 Å². The van der Waals surface area contributed by atoms with E-state index < -0.39 is 60.0 Å². The Balaban J connectivity index is 2.65. The molecule has 1 heterocycles. The molecule has 1 fully saturated rings. The van der Waals surface area contributed by atoms with Crippen LogP contribution in [0.3, 0.4) is 0 Å². The predicted octanol–water partition coefficient (Wildman–Crippen LogP) is 1.76. The van der Waals surface area contributed by atoms with E-state index in [1.807, 2.05) is 0 Å². The van der Waals surface area contributed by atoms with Gasteiger partial charge in [0.15, 0.2) is 15.5 Å². The summed E-state index contributed by atoms with van der Waals surface area (Å²) < 4.78 is 61.3. The van der Waals surface area contributed by atoms with Gasteiger partial charge in [-0.1, -0.05) is 0 Å². The number of hydrogen-bond acceptors (Lipinski definition) is 7. The number of anilines is 1. The lowest BCUT2D eigenvalue weighted by atomic mass is 10.1. The summed E-state index contributed by atoms with van der Waals surface area (Å²) >= 11 is 0. The maximum atomic E-state index is 12.8. The van der Waals surface area contributed by atoms with Crippen molar-refractivity contribution in [1.29, 1.82) is 0 Å². The molecular formula is C11H10F3N3O6S. The maximum absolute atomic E-state index is 12.8. The molecule has 0 spiro atoms. The third kappa shape index (κ3) is 3.55. The van der Waals surface area contributed by atoms with E-state index >= 15 is 0 Å². The molecule has 1 saturated heterocycles. The first-order chi connectivity index (χ1) is 10.9. The largest absolute Gasteiger partial charge is 0.416 e. The minimum Gasteiger partial charge on any atom is -0.358 e. The van der Waals surface area contributed by atoms with Gasteiger partial charge in [0.1, 0.15) is 0 Å². The lowest BCUT2D eigenvalue weighted by molar-refractivity contribution is -0.393. The number of nitro benzene ring substituents is 2. The molecule has 2 rings (SSSR count). The maximum Gasteiger partial charge on any atom is 0.416 e. The minimum absolute atomic E-state index is 0.214. The van der Waals surface area contributed by atoms with Gasteiger partial charge in [0.25, 0.3) is 11.4 Å². The van der Waals surface area contributed by atoms with E-state index in [4.69, 9.17) is 0 Å². The van der Waals surface area contributed by atoms with Crippen LogP contribution >= 0.6 is 0 Å². The molecule has 9 nitrogen and oxygen atoms in total. The second-order valence-electron chi connectivity index (χ2n) is 5.01. The molecule has 1 aliphatic heterocycles. The number of benzene rings is 1. The van der Waals surface area contributed by atoms with Gasteiger partial charge in [-0.05, 0) is 0 Å². The number of rotatable bonds is 3. The Bertz CT molecular complexity index is 759. The van der Waals surface area contributed by atoms with Crippen molar-refractivity contribution in [2.45, 2.75) is 6.18 Å². The van der Waals surface area contributed by atoms with Crippen molar-refractivity contribution in [1.82, 2.24) is 0 Å². The first-order valence-electron chi connectivity index (χ1n) is 6.42. The Hall–Kier alpha value is -2.44. The molecule has 1 aromatic rings. The van der Waals surface area contributed by atoms with Crippen molar-refractivity contribution in [3.63, 3.8) is 0 Å². The highest BCUT2D eigenvalue weighted by Gasteiger charge is 2.40.